The summed E-state index contributed by atoms with van der Waals surface area (Å²) >= 11 is 6.07. The second-order valence-electron chi connectivity index (χ2n) is 7.20. The maximum Gasteiger partial charge on any atom is 0.307 e. The van der Waals surface area contributed by atoms with Crippen molar-refractivity contribution in [3.05, 3.63) is 46.5 Å². The summed E-state index contributed by atoms with van der Waals surface area (Å²) in [5, 5.41) is 3.16. The van der Waals surface area contributed by atoms with Crippen LogP contribution >= 0.6 is 11.6 Å². The van der Waals surface area contributed by atoms with Gasteiger partial charge in [0, 0.05) is 23.1 Å². The average molecular weight is 462 g/mol. The van der Waals surface area contributed by atoms with Crippen LogP contribution in [0.5, 0.6) is 17.2 Å². The summed E-state index contributed by atoms with van der Waals surface area (Å²) in [6, 6.07) is 8.14. The van der Waals surface area contributed by atoms with Crippen LogP contribution in [-0.2, 0) is 14.3 Å². The topological polar surface area (TPSA) is 100 Å². The van der Waals surface area contributed by atoms with E-state index in [1.54, 1.807) is 37.3 Å². The molecule has 0 saturated carbocycles. The molecule has 1 heterocycles. The summed E-state index contributed by atoms with van der Waals surface area (Å²) in [7, 11) is 1.46. The summed E-state index contributed by atoms with van der Waals surface area (Å²) in [5.41, 5.74) is 1.58. The monoisotopic (exact) mass is 461 g/mol. The number of anilines is 1. The molecule has 32 heavy (non-hydrogen) atoms. The maximum atomic E-state index is 12.4. The summed E-state index contributed by atoms with van der Waals surface area (Å²) in [5.74, 6) is 0.0478. The fraction of sp³-hybridized carbons (Fsp3) is 0.348. The van der Waals surface area contributed by atoms with E-state index in [2.05, 4.69) is 5.32 Å². The van der Waals surface area contributed by atoms with E-state index in [0.717, 1.165) is 5.56 Å². The third-order valence-corrected chi connectivity index (χ3v) is 5.24. The number of Topliss-reactive ketones (excluding diaryl/α,β-unsaturated/α-hetero) is 1. The summed E-state index contributed by atoms with van der Waals surface area (Å²) in [6.07, 6.45) is -1.28. The lowest BCUT2D eigenvalue weighted by Gasteiger charge is -2.18. The summed E-state index contributed by atoms with van der Waals surface area (Å²) < 4.78 is 21.3. The number of amides is 1. The average Bonchev–Trinajstić information content (AvgIpc) is 2.79. The van der Waals surface area contributed by atoms with E-state index in [0.29, 0.717) is 46.7 Å². The first-order valence-electron chi connectivity index (χ1n) is 10.1. The highest BCUT2D eigenvalue weighted by atomic mass is 35.5. The quantitative estimate of drug-likeness (QED) is 0.469. The van der Waals surface area contributed by atoms with E-state index in [1.165, 1.54) is 14.0 Å². The van der Waals surface area contributed by atoms with Crippen LogP contribution in [0.15, 0.2) is 30.3 Å². The molecule has 0 spiro atoms. The number of ketones is 1. The molecule has 1 aliphatic heterocycles. The van der Waals surface area contributed by atoms with Gasteiger partial charge in [0.1, 0.15) is 19.0 Å². The molecular formula is C23H24ClNO7. The smallest absolute Gasteiger partial charge is 0.307 e. The van der Waals surface area contributed by atoms with Gasteiger partial charge in [-0.3, -0.25) is 14.4 Å². The van der Waals surface area contributed by atoms with Gasteiger partial charge in [0.2, 0.25) is 0 Å². The molecule has 0 aromatic heterocycles. The number of aryl methyl sites for hydroxylation is 1. The van der Waals surface area contributed by atoms with E-state index >= 15 is 0 Å². The number of carbonyl (C=O) groups excluding carboxylic acids is 3. The minimum atomic E-state index is -1.06. The van der Waals surface area contributed by atoms with Crippen molar-refractivity contribution in [2.75, 3.05) is 25.6 Å². The van der Waals surface area contributed by atoms with Gasteiger partial charge in [-0.2, -0.15) is 0 Å². The highest BCUT2D eigenvalue weighted by Gasteiger charge is 2.21. The highest BCUT2D eigenvalue weighted by molar-refractivity contribution is 6.31. The van der Waals surface area contributed by atoms with Gasteiger partial charge in [-0.1, -0.05) is 11.6 Å². The van der Waals surface area contributed by atoms with Crippen molar-refractivity contribution in [1.29, 1.82) is 0 Å². The van der Waals surface area contributed by atoms with Crippen molar-refractivity contribution in [2.45, 2.75) is 32.8 Å². The Morgan fingerprint density at radius 2 is 1.81 bits per heavy atom. The molecule has 2 aromatic rings. The number of benzene rings is 2. The lowest BCUT2D eigenvalue weighted by atomic mass is 10.1. The van der Waals surface area contributed by atoms with Crippen molar-refractivity contribution >= 4 is 34.9 Å². The van der Waals surface area contributed by atoms with E-state index < -0.39 is 18.0 Å². The van der Waals surface area contributed by atoms with Gasteiger partial charge in [0.15, 0.2) is 23.4 Å². The van der Waals surface area contributed by atoms with E-state index in [1.807, 2.05) is 0 Å². The van der Waals surface area contributed by atoms with Gasteiger partial charge in [-0.25, -0.2) is 0 Å². The summed E-state index contributed by atoms with van der Waals surface area (Å²) in [6.45, 7) is 4.12. The number of esters is 1. The number of nitrogens with one attached hydrogen (secondary N) is 1. The molecule has 2 aromatic carbocycles. The molecule has 170 valence electrons. The minimum absolute atomic E-state index is 0.0585. The zero-order valence-electron chi connectivity index (χ0n) is 18.0. The molecule has 0 saturated heterocycles. The first-order chi connectivity index (χ1) is 15.3. The van der Waals surface area contributed by atoms with Crippen LogP contribution in [0, 0.1) is 6.92 Å². The van der Waals surface area contributed by atoms with Gasteiger partial charge in [-0.15, -0.1) is 0 Å². The predicted octanol–water partition coefficient (Wildman–Crippen LogP) is 3.96. The van der Waals surface area contributed by atoms with Crippen LogP contribution in [0.1, 0.15) is 35.7 Å². The van der Waals surface area contributed by atoms with Gasteiger partial charge in [0.25, 0.3) is 5.91 Å². The number of hydrogen-bond donors (Lipinski definition) is 1. The van der Waals surface area contributed by atoms with Crippen molar-refractivity contribution in [3.8, 4) is 17.2 Å². The Bertz CT molecular complexity index is 1040. The lowest BCUT2D eigenvalue weighted by molar-refractivity contribution is -0.153. The third-order valence-electron chi connectivity index (χ3n) is 4.84. The van der Waals surface area contributed by atoms with Crippen molar-refractivity contribution in [3.63, 3.8) is 0 Å². The fourth-order valence-electron chi connectivity index (χ4n) is 3.05. The normalized spacial score (nSPS) is 13.1. The first-order valence-corrected chi connectivity index (χ1v) is 10.4. The molecule has 1 N–H and O–H groups in total. The van der Waals surface area contributed by atoms with Crippen molar-refractivity contribution < 1.29 is 33.3 Å². The first kappa shape index (κ1) is 23.4. The van der Waals surface area contributed by atoms with Gasteiger partial charge in [-0.05, 0) is 43.7 Å². The minimum Gasteiger partial charge on any atom is -0.495 e. The maximum absolute atomic E-state index is 12.4. The Balaban J connectivity index is 1.52. The number of ether oxygens (including phenoxy) is 4. The van der Waals surface area contributed by atoms with Crippen LogP contribution in [0.4, 0.5) is 5.69 Å². The van der Waals surface area contributed by atoms with Crippen LogP contribution < -0.4 is 19.5 Å². The van der Waals surface area contributed by atoms with Crippen LogP contribution in [0.2, 0.25) is 5.02 Å². The van der Waals surface area contributed by atoms with Crippen LogP contribution in [-0.4, -0.2) is 44.1 Å². The van der Waals surface area contributed by atoms with Crippen LogP contribution in [0.25, 0.3) is 0 Å². The molecule has 1 unspecified atom stereocenters. The second-order valence-corrected chi connectivity index (χ2v) is 7.61. The van der Waals surface area contributed by atoms with E-state index in [-0.39, 0.29) is 18.6 Å². The van der Waals surface area contributed by atoms with Gasteiger partial charge in [0.05, 0.1) is 19.2 Å². The third kappa shape index (κ3) is 5.70. The Morgan fingerprint density at radius 1 is 1.09 bits per heavy atom. The second kappa shape index (κ2) is 10.4. The molecule has 9 heteroatoms. The molecule has 1 amide bonds. The van der Waals surface area contributed by atoms with Crippen molar-refractivity contribution in [1.82, 2.24) is 0 Å². The largest absolute Gasteiger partial charge is 0.495 e. The van der Waals surface area contributed by atoms with E-state index in [4.69, 9.17) is 30.5 Å². The zero-order valence-corrected chi connectivity index (χ0v) is 18.8. The molecule has 3 rings (SSSR count). The standard InChI is InChI=1S/C23H24ClNO7/c1-13-10-17(20(29-3)12-16(13)24)25-23(28)14(2)32-22(27)7-5-18(26)15-4-6-19-21(11-15)31-9-8-30-19/h4,6,10-12,14H,5,7-9H2,1-3H3,(H,25,28). The molecule has 1 atom stereocenters. The molecule has 8 nitrogen and oxygen atoms in total. The number of halogens is 1. The van der Waals surface area contributed by atoms with Crippen molar-refractivity contribution in [2.24, 2.45) is 0 Å². The molecule has 0 aliphatic carbocycles. The fourth-order valence-corrected chi connectivity index (χ4v) is 3.20. The molecule has 0 radical (unpaired) electrons. The number of hydrogen-bond acceptors (Lipinski definition) is 7. The number of carbonyl (C=O) groups is 3. The predicted molar refractivity (Wildman–Crippen MR) is 118 cm³/mol. The molecule has 0 fully saturated rings. The van der Waals surface area contributed by atoms with Gasteiger partial charge < -0.3 is 24.3 Å². The molecule has 0 bridgehead atoms. The van der Waals surface area contributed by atoms with E-state index in [9.17, 15) is 14.4 Å². The van der Waals surface area contributed by atoms with Gasteiger partial charge >= 0.3 is 5.97 Å². The Labute approximate surface area is 190 Å². The summed E-state index contributed by atoms with van der Waals surface area (Å²) in [4.78, 5) is 37.0. The number of fused-ring (bicyclic) bond motifs is 1. The number of rotatable bonds is 8. The zero-order chi connectivity index (χ0) is 23.3. The Kier molecular flexibility index (Phi) is 7.58. The lowest BCUT2D eigenvalue weighted by Crippen LogP contribution is -2.30. The Morgan fingerprint density at radius 3 is 2.53 bits per heavy atom. The molecule has 1 aliphatic rings. The Hall–Kier alpha value is -3.26. The number of methoxy groups -OCH3 is 1. The highest BCUT2D eigenvalue weighted by Crippen LogP contribution is 2.32. The van der Waals surface area contributed by atoms with Crippen LogP contribution in [0.3, 0.4) is 0 Å². The SMILES string of the molecule is COc1cc(Cl)c(C)cc1NC(=O)C(C)OC(=O)CCC(=O)c1ccc2c(c1)OCCO2. The molecular weight excluding hydrogens is 438 g/mol.